The van der Waals surface area contributed by atoms with E-state index in [1.54, 1.807) is 24.3 Å². The van der Waals surface area contributed by atoms with Crippen LogP contribution in [0, 0.1) is 0 Å². The van der Waals surface area contributed by atoms with Crippen molar-refractivity contribution in [2.45, 2.75) is 18.2 Å². The molecule has 33 heavy (non-hydrogen) atoms. The Morgan fingerprint density at radius 1 is 0.879 bits per heavy atom. The fraction of sp³-hybridized carbons (Fsp3) is 0.115. The highest BCUT2D eigenvalue weighted by molar-refractivity contribution is 8.04. The molecule has 4 rings (SSSR count). The van der Waals surface area contributed by atoms with Crippen LogP contribution in [0.1, 0.15) is 23.7 Å². The van der Waals surface area contributed by atoms with Gasteiger partial charge in [-0.05, 0) is 42.8 Å². The summed E-state index contributed by atoms with van der Waals surface area (Å²) >= 11 is 1.21. The van der Waals surface area contributed by atoms with Crippen molar-refractivity contribution in [3.05, 3.63) is 101 Å². The summed E-state index contributed by atoms with van der Waals surface area (Å²) in [5, 5.41) is 3.10. The first-order valence-electron chi connectivity index (χ1n) is 10.5. The summed E-state index contributed by atoms with van der Waals surface area (Å²) in [6.45, 7) is 2.15. The van der Waals surface area contributed by atoms with E-state index in [1.807, 2.05) is 67.6 Å². The number of anilines is 2. The van der Waals surface area contributed by atoms with Gasteiger partial charge in [-0.3, -0.25) is 9.59 Å². The monoisotopic (exact) mass is 458 g/mol. The Bertz CT molecular complexity index is 1150. The van der Waals surface area contributed by atoms with Crippen molar-refractivity contribution >= 4 is 40.9 Å². The third-order valence-corrected chi connectivity index (χ3v) is 5.94. The molecule has 0 radical (unpaired) electrons. The standard InChI is InChI=1S/C26H22N2O4S/c1-2-17-32-26(31)20-15-9-10-16-21(20)28-24(29)22(27-18-11-5-3-6-12-18)23(25(28)30)33-19-13-7-4-8-14-19/h3-16,27H,2,17H2,1H3. The van der Waals surface area contributed by atoms with Gasteiger partial charge in [0.1, 0.15) is 10.6 Å². The van der Waals surface area contributed by atoms with Crippen LogP contribution in [-0.2, 0) is 14.3 Å². The van der Waals surface area contributed by atoms with Crippen LogP contribution in [0.3, 0.4) is 0 Å². The number of ether oxygens (including phenoxy) is 1. The summed E-state index contributed by atoms with van der Waals surface area (Å²) in [5.74, 6) is -1.60. The lowest BCUT2D eigenvalue weighted by Crippen LogP contribution is -2.33. The summed E-state index contributed by atoms with van der Waals surface area (Å²) in [5.41, 5.74) is 1.20. The largest absolute Gasteiger partial charge is 0.462 e. The molecule has 0 spiro atoms. The third kappa shape index (κ3) is 4.83. The van der Waals surface area contributed by atoms with Crippen LogP contribution >= 0.6 is 11.8 Å². The maximum atomic E-state index is 13.5. The van der Waals surface area contributed by atoms with Crippen molar-refractivity contribution < 1.29 is 19.1 Å². The predicted molar refractivity (Wildman–Crippen MR) is 129 cm³/mol. The highest BCUT2D eigenvalue weighted by atomic mass is 32.2. The number of amides is 2. The molecule has 0 fully saturated rings. The molecule has 3 aromatic carbocycles. The molecule has 1 N–H and O–H groups in total. The molecule has 0 atom stereocenters. The number of hydrogen-bond acceptors (Lipinski definition) is 6. The molecule has 3 aromatic rings. The molecule has 1 aliphatic rings. The molecule has 0 saturated heterocycles. The summed E-state index contributed by atoms with van der Waals surface area (Å²) in [6.07, 6.45) is 0.667. The number of para-hydroxylation sites is 2. The normalized spacial score (nSPS) is 13.4. The smallest absolute Gasteiger partial charge is 0.340 e. The van der Waals surface area contributed by atoms with Gasteiger partial charge in [0, 0.05) is 10.6 Å². The molecular weight excluding hydrogens is 436 g/mol. The molecule has 2 amide bonds. The lowest BCUT2D eigenvalue weighted by Gasteiger charge is -2.18. The highest BCUT2D eigenvalue weighted by Crippen LogP contribution is 2.38. The lowest BCUT2D eigenvalue weighted by molar-refractivity contribution is -0.120. The van der Waals surface area contributed by atoms with E-state index in [9.17, 15) is 14.4 Å². The highest BCUT2D eigenvalue weighted by Gasteiger charge is 2.41. The van der Waals surface area contributed by atoms with Gasteiger partial charge in [-0.25, -0.2) is 9.69 Å². The second kappa shape index (κ2) is 10.2. The fourth-order valence-electron chi connectivity index (χ4n) is 3.32. The van der Waals surface area contributed by atoms with Crippen molar-refractivity contribution in [3.63, 3.8) is 0 Å². The fourth-order valence-corrected chi connectivity index (χ4v) is 4.27. The number of benzene rings is 3. The number of rotatable bonds is 8. The van der Waals surface area contributed by atoms with Gasteiger partial charge in [0.15, 0.2) is 0 Å². The molecule has 6 nitrogen and oxygen atoms in total. The van der Waals surface area contributed by atoms with Crippen LogP contribution in [0.15, 0.2) is 100 Å². The van der Waals surface area contributed by atoms with E-state index in [0.717, 1.165) is 9.80 Å². The van der Waals surface area contributed by atoms with E-state index >= 15 is 0 Å². The van der Waals surface area contributed by atoms with E-state index in [0.29, 0.717) is 12.1 Å². The molecule has 0 unspecified atom stereocenters. The van der Waals surface area contributed by atoms with Crippen LogP contribution in [-0.4, -0.2) is 24.4 Å². The Labute approximate surface area is 196 Å². The first-order chi connectivity index (χ1) is 16.1. The van der Waals surface area contributed by atoms with Crippen molar-refractivity contribution in [1.82, 2.24) is 0 Å². The van der Waals surface area contributed by atoms with Crippen LogP contribution in [0.25, 0.3) is 0 Å². The van der Waals surface area contributed by atoms with Crippen LogP contribution < -0.4 is 10.2 Å². The molecule has 0 aliphatic carbocycles. The lowest BCUT2D eigenvalue weighted by atomic mass is 10.1. The van der Waals surface area contributed by atoms with Gasteiger partial charge < -0.3 is 10.1 Å². The minimum atomic E-state index is -0.574. The topological polar surface area (TPSA) is 75.7 Å². The van der Waals surface area contributed by atoms with E-state index in [-0.39, 0.29) is 28.5 Å². The average molecular weight is 459 g/mol. The summed E-state index contributed by atoms with van der Waals surface area (Å²) < 4.78 is 5.27. The number of esters is 1. The van der Waals surface area contributed by atoms with Crippen molar-refractivity contribution in [3.8, 4) is 0 Å². The average Bonchev–Trinajstić information content (AvgIpc) is 3.07. The number of nitrogens with one attached hydrogen (secondary N) is 1. The number of carbonyl (C=O) groups is 3. The van der Waals surface area contributed by atoms with E-state index in [1.165, 1.54) is 11.8 Å². The van der Waals surface area contributed by atoms with Crippen LogP contribution in [0.2, 0.25) is 0 Å². The van der Waals surface area contributed by atoms with Crippen LogP contribution in [0.5, 0.6) is 0 Å². The Balaban J connectivity index is 1.74. The Morgan fingerprint density at radius 3 is 2.21 bits per heavy atom. The van der Waals surface area contributed by atoms with E-state index in [2.05, 4.69) is 5.32 Å². The minimum Gasteiger partial charge on any atom is -0.462 e. The van der Waals surface area contributed by atoms with Gasteiger partial charge in [0.05, 0.1) is 17.9 Å². The second-order valence-electron chi connectivity index (χ2n) is 7.21. The summed E-state index contributed by atoms with van der Waals surface area (Å²) in [7, 11) is 0. The molecule has 1 heterocycles. The first kappa shape index (κ1) is 22.4. The van der Waals surface area contributed by atoms with Gasteiger partial charge in [0.2, 0.25) is 0 Å². The quantitative estimate of drug-likeness (QED) is 0.367. The number of thioether (sulfide) groups is 1. The third-order valence-electron chi connectivity index (χ3n) is 4.85. The number of hydrogen-bond donors (Lipinski definition) is 1. The van der Waals surface area contributed by atoms with Gasteiger partial charge in [-0.15, -0.1) is 0 Å². The Morgan fingerprint density at radius 2 is 1.52 bits per heavy atom. The Hall–Kier alpha value is -3.84. The minimum absolute atomic E-state index is 0.164. The SMILES string of the molecule is CCCOC(=O)c1ccccc1N1C(=O)C(Nc2ccccc2)=C(Sc2ccccc2)C1=O. The first-order valence-corrected chi connectivity index (χ1v) is 11.4. The molecule has 166 valence electrons. The number of imide groups is 1. The maximum Gasteiger partial charge on any atom is 0.340 e. The summed E-state index contributed by atoms with van der Waals surface area (Å²) in [4.78, 5) is 41.8. The van der Waals surface area contributed by atoms with Crippen molar-refractivity contribution in [2.24, 2.45) is 0 Å². The van der Waals surface area contributed by atoms with Gasteiger partial charge >= 0.3 is 5.97 Å². The van der Waals surface area contributed by atoms with Crippen LogP contribution in [0.4, 0.5) is 11.4 Å². The molecule has 0 saturated carbocycles. The number of nitrogens with zero attached hydrogens (tertiary/aromatic N) is 1. The van der Waals surface area contributed by atoms with Gasteiger partial charge in [0.25, 0.3) is 11.8 Å². The van der Waals surface area contributed by atoms with Crippen molar-refractivity contribution in [2.75, 3.05) is 16.8 Å². The van der Waals surface area contributed by atoms with Crippen molar-refractivity contribution in [1.29, 1.82) is 0 Å². The zero-order valence-corrected chi connectivity index (χ0v) is 18.8. The second-order valence-corrected chi connectivity index (χ2v) is 8.29. The molecule has 7 heteroatoms. The molecule has 1 aliphatic heterocycles. The summed E-state index contributed by atoms with van der Waals surface area (Å²) in [6, 6.07) is 25.0. The Kier molecular flexibility index (Phi) is 6.90. The predicted octanol–water partition coefficient (Wildman–Crippen LogP) is 5.24. The molecular formula is C26H22N2O4S. The van der Waals surface area contributed by atoms with E-state index in [4.69, 9.17) is 4.74 Å². The molecule has 0 aromatic heterocycles. The van der Waals surface area contributed by atoms with Gasteiger partial charge in [-0.2, -0.15) is 0 Å². The van der Waals surface area contributed by atoms with E-state index < -0.39 is 17.8 Å². The molecule has 0 bridgehead atoms. The zero-order valence-electron chi connectivity index (χ0n) is 18.0. The maximum absolute atomic E-state index is 13.5. The van der Waals surface area contributed by atoms with Gasteiger partial charge in [-0.1, -0.05) is 67.2 Å². The number of carbonyl (C=O) groups excluding carboxylic acids is 3. The zero-order chi connectivity index (χ0) is 23.2.